The fourth-order valence-electron chi connectivity index (χ4n) is 4.01. The fourth-order valence-corrected chi connectivity index (χ4v) is 4.01. The molecule has 0 amide bonds. The van der Waals surface area contributed by atoms with Crippen LogP contribution in [0.4, 0.5) is 5.82 Å². The maximum absolute atomic E-state index is 5.97. The normalized spacial score (nSPS) is 16.8. The minimum atomic E-state index is 0.517. The van der Waals surface area contributed by atoms with Gasteiger partial charge in [-0.05, 0) is 61.3 Å². The molecule has 1 unspecified atom stereocenters. The maximum atomic E-state index is 5.97. The molecule has 1 atom stereocenters. The average Bonchev–Trinajstić information content (AvgIpc) is 3.20. The number of fused-ring (bicyclic) bond motifs is 1. The minimum Gasteiger partial charge on any atom is -0.494 e. The van der Waals surface area contributed by atoms with E-state index in [1.807, 2.05) is 6.07 Å². The molecule has 1 fully saturated rings. The minimum absolute atomic E-state index is 0.517. The van der Waals surface area contributed by atoms with Gasteiger partial charge in [-0.25, -0.2) is 0 Å². The number of hydrogen-bond donors (Lipinski definition) is 0. The third-order valence-corrected chi connectivity index (χ3v) is 5.43. The number of benzene rings is 2. The summed E-state index contributed by atoms with van der Waals surface area (Å²) in [6.07, 6.45) is 5.19. The van der Waals surface area contributed by atoms with Crippen LogP contribution in [0.2, 0.25) is 0 Å². The Morgan fingerprint density at radius 3 is 2.86 bits per heavy atom. The molecule has 1 aromatic heterocycles. The van der Waals surface area contributed by atoms with E-state index in [2.05, 4.69) is 75.6 Å². The van der Waals surface area contributed by atoms with E-state index in [1.54, 1.807) is 6.20 Å². The first kappa shape index (κ1) is 18.7. The summed E-state index contributed by atoms with van der Waals surface area (Å²) in [5.74, 6) is 1.95. The second-order valence-electron chi connectivity index (χ2n) is 7.54. The molecule has 0 radical (unpaired) electrons. The first-order chi connectivity index (χ1) is 13.8. The lowest BCUT2D eigenvalue weighted by Gasteiger charge is -2.29. The molecule has 0 bridgehead atoms. The highest BCUT2D eigenvalue weighted by Gasteiger charge is 2.26. The third kappa shape index (κ3) is 4.60. The van der Waals surface area contributed by atoms with Crippen molar-refractivity contribution in [1.82, 2.24) is 15.1 Å². The molecule has 4 rings (SSSR count). The van der Waals surface area contributed by atoms with Crippen LogP contribution in [0, 0.1) is 0 Å². The van der Waals surface area contributed by atoms with Gasteiger partial charge in [0.2, 0.25) is 0 Å². The summed E-state index contributed by atoms with van der Waals surface area (Å²) < 4.78 is 5.97. The Hall–Kier alpha value is -2.66. The lowest BCUT2D eigenvalue weighted by molar-refractivity contribution is 0.254. The second-order valence-corrected chi connectivity index (χ2v) is 7.54. The Kier molecular flexibility index (Phi) is 6.02. The van der Waals surface area contributed by atoms with Gasteiger partial charge in [-0.2, -0.15) is 5.10 Å². The van der Waals surface area contributed by atoms with Crippen molar-refractivity contribution in [2.75, 3.05) is 38.2 Å². The summed E-state index contributed by atoms with van der Waals surface area (Å²) in [6.45, 7) is 3.88. The van der Waals surface area contributed by atoms with Gasteiger partial charge in [0.05, 0.1) is 6.61 Å². The summed E-state index contributed by atoms with van der Waals surface area (Å²) >= 11 is 0. The van der Waals surface area contributed by atoms with Crippen molar-refractivity contribution in [2.45, 2.75) is 25.3 Å². The number of hydrogen-bond acceptors (Lipinski definition) is 5. The van der Waals surface area contributed by atoms with Crippen LogP contribution in [-0.4, -0.2) is 54.4 Å². The van der Waals surface area contributed by atoms with Gasteiger partial charge in [-0.1, -0.05) is 30.3 Å². The fraction of sp³-hybridized carbons (Fsp3) is 0.391. The number of ether oxygens (including phenoxy) is 1. The molecule has 146 valence electrons. The van der Waals surface area contributed by atoms with Crippen LogP contribution in [0.5, 0.6) is 5.75 Å². The van der Waals surface area contributed by atoms with Crippen molar-refractivity contribution in [1.29, 1.82) is 0 Å². The van der Waals surface area contributed by atoms with E-state index in [1.165, 1.54) is 23.6 Å². The van der Waals surface area contributed by atoms with E-state index in [0.29, 0.717) is 6.04 Å². The zero-order chi connectivity index (χ0) is 19.2. The molecule has 0 N–H and O–H groups in total. The van der Waals surface area contributed by atoms with Crippen molar-refractivity contribution >= 4 is 16.6 Å². The van der Waals surface area contributed by atoms with Crippen molar-refractivity contribution in [3.05, 3.63) is 60.8 Å². The van der Waals surface area contributed by atoms with Crippen LogP contribution in [0.25, 0.3) is 10.8 Å². The second kappa shape index (κ2) is 9.02. The van der Waals surface area contributed by atoms with Gasteiger partial charge in [0, 0.05) is 31.9 Å². The van der Waals surface area contributed by atoms with Crippen LogP contribution in [0.15, 0.2) is 60.8 Å². The first-order valence-corrected chi connectivity index (χ1v) is 10.1. The zero-order valence-electron chi connectivity index (χ0n) is 16.5. The van der Waals surface area contributed by atoms with E-state index in [9.17, 15) is 0 Å². The van der Waals surface area contributed by atoms with E-state index < -0.39 is 0 Å². The Morgan fingerprint density at radius 1 is 1.11 bits per heavy atom. The van der Waals surface area contributed by atoms with Crippen LogP contribution < -0.4 is 9.64 Å². The average molecular weight is 377 g/mol. The van der Waals surface area contributed by atoms with Crippen molar-refractivity contribution in [3.8, 4) is 5.75 Å². The topological polar surface area (TPSA) is 41.5 Å². The molecule has 5 nitrogen and oxygen atoms in total. The van der Waals surface area contributed by atoms with Gasteiger partial charge >= 0.3 is 0 Å². The summed E-state index contributed by atoms with van der Waals surface area (Å²) in [7, 11) is 2.20. The summed E-state index contributed by atoms with van der Waals surface area (Å²) in [5.41, 5.74) is 0. The largest absolute Gasteiger partial charge is 0.494 e. The van der Waals surface area contributed by atoms with Crippen LogP contribution in [0.3, 0.4) is 0 Å². The first-order valence-electron chi connectivity index (χ1n) is 10.1. The van der Waals surface area contributed by atoms with Gasteiger partial charge in [0.15, 0.2) is 5.82 Å². The predicted octanol–water partition coefficient (Wildman–Crippen LogP) is 4.00. The van der Waals surface area contributed by atoms with Crippen LogP contribution >= 0.6 is 0 Å². The Bertz CT molecular complexity index is 886. The van der Waals surface area contributed by atoms with Gasteiger partial charge in [0.25, 0.3) is 0 Å². The maximum Gasteiger partial charge on any atom is 0.151 e. The molecule has 1 saturated heterocycles. The Labute approximate surface area is 166 Å². The number of rotatable bonds is 8. The van der Waals surface area contributed by atoms with Crippen molar-refractivity contribution < 1.29 is 4.74 Å². The third-order valence-electron chi connectivity index (χ3n) is 5.43. The Balaban J connectivity index is 1.22. The van der Waals surface area contributed by atoms with E-state index in [-0.39, 0.29) is 0 Å². The van der Waals surface area contributed by atoms with Gasteiger partial charge in [0.1, 0.15) is 5.75 Å². The molecule has 0 saturated carbocycles. The van der Waals surface area contributed by atoms with Gasteiger partial charge < -0.3 is 14.5 Å². The number of nitrogens with zero attached hydrogens (tertiary/aromatic N) is 4. The van der Waals surface area contributed by atoms with Crippen LogP contribution in [0.1, 0.15) is 19.3 Å². The molecular formula is C23H28N4O. The Morgan fingerprint density at radius 2 is 2.00 bits per heavy atom. The van der Waals surface area contributed by atoms with E-state index >= 15 is 0 Å². The molecule has 2 aromatic carbocycles. The quantitative estimate of drug-likeness (QED) is 0.556. The molecule has 28 heavy (non-hydrogen) atoms. The van der Waals surface area contributed by atoms with Crippen molar-refractivity contribution in [3.63, 3.8) is 0 Å². The molecule has 0 aliphatic carbocycles. The summed E-state index contributed by atoms with van der Waals surface area (Å²) in [4.78, 5) is 4.80. The summed E-state index contributed by atoms with van der Waals surface area (Å²) in [6, 6.07) is 19.2. The van der Waals surface area contributed by atoms with E-state index in [4.69, 9.17) is 4.74 Å². The molecule has 1 aliphatic heterocycles. The monoisotopic (exact) mass is 376 g/mol. The SMILES string of the molecule is CN(CCCOc1ccc2ccccc2c1)CC1CCCN1c1cccnn1. The standard InChI is InChI=1S/C23H28N4O/c1-26(18-21-9-5-15-27(21)23-10-4-13-24-25-23)14-6-16-28-22-12-11-19-7-2-3-8-20(19)17-22/h2-4,7-8,10-13,17,21H,5-6,9,14-16,18H2,1H3. The van der Waals surface area contributed by atoms with Crippen LogP contribution in [-0.2, 0) is 0 Å². The summed E-state index contributed by atoms with van der Waals surface area (Å²) in [5, 5.41) is 10.8. The smallest absolute Gasteiger partial charge is 0.151 e. The highest BCUT2D eigenvalue weighted by atomic mass is 16.5. The molecule has 2 heterocycles. The number of likely N-dealkylation sites (N-methyl/N-ethyl adjacent to an activating group) is 1. The zero-order valence-corrected chi connectivity index (χ0v) is 16.5. The molecule has 1 aliphatic rings. The van der Waals surface area contributed by atoms with Gasteiger partial charge in [-0.3, -0.25) is 0 Å². The lowest BCUT2D eigenvalue weighted by Crippen LogP contribution is -2.39. The lowest BCUT2D eigenvalue weighted by atomic mass is 10.1. The molecule has 0 spiro atoms. The highest BCUT2D eigenvalue weighted by molar-refractivity contribution is 5.83. The van der Waals surface area contributed by atoms with E-state index in [0.717, 1.165) is 44.2 Å². The predicted molar refractivity (Wildman–Crippen MR) is 114 cm³/mol. The van der Waals surface area contributed by atoms with Crippen molar-refractivity contribution in [2.24, 2.45) is 0 Å². The van der Waals surface area contributed by atoms with Gasteiger partial charge in [-0.15, -0.1) is 5.10 Å². The molecular weight excluding hydrogens is 348 g/mol. The highest BCUT2D eigenvalue weighted by Crippen LogP contribution is 2.24. The molecule has 5 heteroatoms. The molecule has 3 aromatic rings. The number of anilines is 1. The number of aromatic nitrogens is 2.